The number of aliphatic carboxylic acids is 1. The monoisotopic (exact) mass is 293 g/mol. The Morgan fingerprint density at radius 2 is 2.00 bits per heavy atom. The second kappa shape index (κ2) is 6.70. The maximum absolute atomic E-state index is 13.5. The van der Waals surface area contributed by atoms with Gasteiger partial charge in [-0.3, -0.25) is 9.59 Å². The summed E-state index contributed by atoms with van der Waals surface area (Å²) in [5.74, 6) is -0.925. The van der Waals surface area contributed by atoms with Crippen molar-refractivity contribution in [1.82, 2.24) is 4.90 Å². The number of halogens is 1. The Bertz CT molecular complexity index is 536. The third kappa shape index (κ3) is 4.03. The fourth-order valence-corrected chi connectivity index (χ4v) is 2.66. The summed E-state index contributed by atoms with van der Waals surface area (Å²) < 4.78 is 13.5. The average Bonchev–Trinajstić information content (AvgIpc) is 2.48. The normalized spacial score (nSPS) is 16.0. The summed E-state index contributed by atoms with van der Waals surface area (Å²) in [5.41, 5.74) is 0.904. The Balaban J connectivity index is 1.90. The van der Waals surface area contributed by atoms with Gasteiger partial charge < -0.3 is 10.0 Å². The van der Waals surface area contributed by atoms with Gasteiger partial charge in [0.2, 0.25) is 0 Å². The number of benzene rings is 1. The molecule has 1 aliphatic rings. The molecule has 1 fully saturated rings. The Kier molecular flexibility index (Phi) is 4.94. The third-order valence-corrected chi connectivity index (χ3v) is 4.09. The number of aryl methyl sites for hydroxylation is 1. The van der Waals surface area contributed by atoms with Crippen LogP contribution in [0.5, 0.6) is 0 Å². The van der Waals surface area contributed by atoms with E-state index in [0.717, 1.165) is 12.8 Å². The van der Waals surface area contributed by atoms with Gasteiger partial charge in [0.15, 0.2) is 0 Å². The summed E-state index contributed by atoms with van der Waals surface area (Å²) in [6.45, 7) is 2.88. The lowest BCUT2D eigenvalue weighted by atomic mass is 9.92. The van der Waals surface area contributed by atoms with Gasteiger partial charge in [-0.05, 0) is 49.8 Å². The van der Waals surface area contributed by atoms with Crippen LogP contribution in [0.4, 0.5) is 4.39 Å². The smallest absolute Gasteiger partial charge is 0.303 e. The lowest BCUT2D eigenvalue weighted by Crippen LogP contribution is -2.38. The third-order valence-electron chi connectivity index (χ3n) is 4.09. The van der Waals surface area contributed by atoms with Crippen LogP contribution in [0.15, 0.2) is 18.2 Å². The molecule has 0 unspecified atom stereocenters. The van der Waals surface area contributed by atoms with Crippen LogP contribution < -0.4 is 0 Å². The van der Waals surface area contributed by atoms with E-state index in [9.17, 15) is 14.0 Å². The van der Waals surface area contributed by atoms with Crippen LogP contribution in [0.2, 0.25) is 0 Å². The number of carbonyl (C=O) groups excluding carboxylic acids is 1. The molecule has 0 aromatic heterocycles. The van der Waals surface area contributed by atoms with Gasteiger partial charge in [-0.15, -0.1) is 0 Å². The highest BCUT2D eigenvalue weighted by Crippen LogP contribution is 2.23. The van der Waals surface area contributed by atoms with E-state index in [1.807, 2.05) is 0 Å². The molecule has 0 aliphatic carbocycles. The molecule has 0 bridgehead atoms. The highest BCUT2D eigenvalue weighted by molar-refractivity contribution is 5.94. The highest BCUT2D eigenvalue weighted by Gasteiger charge is 2.24. The predicted molar refractivity (Wildman–Crippen MR) is 76.6 cm³/mol. The van der Waals surface area contributed by atoms with Gasteiger partial charge in [0.25, 0.3) is 5.91 Å². The summed E-state index contributed by atoms with van der Waals surface area (Å²) in [6.07, 6.45) is 2.47. The molecule has 0 saturated carbocycles. The molecule has 1 aromatic carbocycles. The zero-order valence-corrected chi connectivity index (χ0v) is 12.1. The van der Waals surface area contributed by atoms with E-state index < -0.39 is 5.97 Å². The Labute approximate surface area is 123 Å². The van der Waals surface area contributed by atoms with E-state index in [4.69, 9.17) is 5.11 Å². The van der Waals surface area contributed by atoms with E-state index in [1.165, 1.54) is 6.07 Å². The highest BCUT2D eigenvalue weighted by atomic mass is 19.1. The van der Waals surface area contributed by atoms with Crippen LogP contribution in [0, 0.1) is 18.7 Å². The first kappa shape index (κ1) is 15.5. The lowest BCUT2D eigenvalue weighted by Gasteiger charge is -2.32. The van der Waals surface area contributed by atoms with Crippen molar-refractivity contribution >= 4 is 11.9 Å². The van der Waals surface area contributed by atoms with Gasteiger partial charge in [-0.1, -0.05) is 6.07 Å². The first-order valence-electron chi connectivity index (χ1n) is 7.24. The van der Waals surface area contributed by atoms with Gasteiger partial charge in [-0.2, -0.15) is 0 Å². The minimum absolute atomic E-state index is 0.148. The van der Waals surface area contributed by atoms with Crippen molar-refractivity contribution in [3.63, 3.8) is 0 Å². The molecule has 114 valence electrons. The molecule has 0 radical (unpaired) electrons. The molecule has 1 amide bonds. The van der Waals surface area contributed by atoms with Crippen LogP contribution in [0.3, 0.4) is 0 Å². The van der Waals surface area contributed by atoms with Crippen LogP contribution in [0.25, 0.3) is 0 Å². The van der Waals surface area contributed by atoms with E-state index >= 15 is 0 Å². The number of amides is 1. The summed E-state index contributed by atoms with van der Waals surface area (Å²) in [4.78, 5) is 24.6. The minimum Gasteiger partial charge on any atom is -0.481 e. The van der Waals surface area contributed by atoms with E-state index in [1.54, 1.807) is 24.0 Å². The molecular weight excluding hydrogens is 273 g/mol. The average molecular weight is 293 g/mol. The number of carboxylic acid groups (broad SMARTS) is 1. The van der Waals surface area contributed by atoms with Crippen molar-refractivity contribution in [3.8, 4) is 0 Å². The number of carbonyl (C=O) groups is 2. The minimum atomic E-state index is -0.774. The largest absolute Gasteiger partial charge is 0.481 e. The van der Waals surface area contributed by atoms with Crippen LogP contribution in [-0.4, -0.2) is 35.0 Å². The van der Waals surface area contributed by atoms with E-state index in [-0.39, 0.29) is 18.1 Å². The summed E-state index contributed by atoms with van der Waals surface area (Å²) in [6, 6.07) is 4.55. The Morgan fingerprint density at radius 3 is 2.57 bits per heavy atom. The number of rotatable bonds is 4. The molecule has 0 atom stereocenters. The zero-order valence-electron chi connectivity index (χ0n) is 12.1. The first-order chi connectivity index (χ1) is 9.97. The van der Waals surface area contributed by atoms with Gasteiger partial charge in [0.05, 0.1) is 0 Å². The number of carboxylic acids is 1. The number of hydrogen-bond acceptors (Lipinski definition) is 2. The van der Waals surface area contributed by atoms with Gasteiger partial charge in [-0.25, -0.2) is 4.39 Å². The Hall–Kier alpha value is -1.91. The molecule has 1 aromatic rings. The number of nitrogens with zero attached hydrogens (tertiary/aromatic N) is 1. The fraction of sp³-hybridized carbons (Fsp3) is 0.500. The summed E-state index contributed by atoms with van der Waals surface area (Å²) in [7, 11) is 0. The van der Waals surface area contributed by atoms with Gasteiger partial charge in [0.1, 0.15) is 5.82 Å². The number of hydrogen-bond donors (Lipinski definition) is 1. The van der Waals surface area contributed by atoms with E-state index in [2.05, 4.69) is 0 Å². The molecular formula is C16H20FNO3. The second-order valence-electron chi connectivity index (χ2n) is 5.63. The quantitative estimate of drug-likeness (QED) is 0.928. The molecule has 5 heteroatoms. The van der Waals surface area contributed by atoms with Crippen molar-refractivity contribution in [3.05, 3.63) is 35.1 Å². The number of likely N-dealkylation sites (tertiary alicyclic amines) is 1. The lowest BCUT2D eigenvalue weighted by molar-refractivity contribution is -0.137. The molecule has 1 N–H and O–H groups in total. The SMILES string of the molecule is Cc1ccc(C(=O)N2CCC(CCC(=O)O)CC2)cc1F. The maximum Gasteiger partial charge on any atom is 0.303 e. The number of piperidine rings is 1. The standard InChI is InChI=1S/C16H20FNO3/c1-11-2-4-13(10-14(11)17)16(21)18-8-6-12(7-9-18)3-5-15(19)20/h2,4,10,12H,3,5-9H2,1H3,(H,19,20). The van der Waals surface area contributed by atoms with Crippen molar-refractivity contribution in [2.45, 2.75) is 32.6 Å². The maximum atomic E-state index is 13.5. The molecule has 21 heavy (non-hydrogen) atoms. The predicted octanol–water partition coefficient (Wildman–Crippen LogP) is 2.85. The molecule has 1 saturated heterocycles. The van der Waals surface area contributed by atoms with Crippen molar-refractivity contribution < 1.29 is 19.1 Å². The molecule has 1 aliphatic heterocycles. The molecule has 0 spiro atoms. The molecule has 2 rings (SSSR count). The first-order valence-corrected chi connectivity index (χ1v) is 7.24. The van der Waals surface area contributed by atoms with Gasteiger partial charge >= 0.3 is 5.97 Å². The van der Waals surface area contributed by atoms with Gasteiger partial charge in [0, 0.05) is 25.1 Å². The van der Waals surface area contributed by atoms with Crippen LogP contribution >= 0.6 is 0 Å². The van der Waals surface area contributed by atoms with Crippen molar-refractivity contribution in [2.75, 3.05) is 13.1 Å². The fourth-order valence-electron chi connectivity index (χ4n) is 2.66. The summed E-state index contributed by atoms with van der Waals surface area (Å²) >= 11 is 0. The second-order valence-corrected chi connectivity index (χ2v) is 5.63. The topological polar surface area (TPSA) is 57.6 Å². The molecule has 4 nitrogen and oxygen atoms in total. The van der Waals surface area contributed by atoms with Crippen LogP contribution in [0.1, 0.15) is 41.6 Å². The van der Waals surface area contributed by atoms with Crippen molar-refractivity contribution in [1.29, 1.82) is 0 Å². The van der Waals surface area contributed by atoms with Crippen LogP contribution in [-0.2, 0) is 4.79 Å². The molecule has 1 heterocycles. The van der Waals surface area contributed by atoms with E-state index in [0.29, 0.717) is 36.6 Å². The summed E-state index contributed by atoms with van der Waals surface area (Å²) in [5, 5.41) is 8.68. The Morgan fingerprint density at radius 1 is 1.33 bits per heavy atom. The zero-order chi connectivity index (χ0) is 15.4. The van der Waals surface area contributed by atoms with Crippen molar-refractivity contribution in [2.24, 2.45) is 5.92 Å².